The van der Waals surface area contributed by atoms with Crippen molar-refractivity contribution in [3.05, 3.63) is 65.0 Å². The summed E-state index contributed by atoms with van der Waals surface area (Å²) < 4.78 is 43.7. The molecule has 0 unspecified atom stereocenters. The van der Waals surface area contributed by atoms with Crippen LogP contribution in [0.15, 0.2) is 42.6 Å². The summed E-state index contributed by atoms with van der Waals surface area (Å²) in [6.07, 6.45) is -2.07. The van der Waals surface area contributed by atoms with Crippen molar-refractivity contribution in [3.8, 4) is 0 Å². The number of carbonyl (C=O) groups excluding carboxylic acids is 1. The van der Waals surface area contributed by atoms with E-state index in [9.17, 15) is 23.1 Å². The van der Waals surface area contributed by atoms with Crippen molar-refractivity contribution in [2.45, 2.75) is 30.5 Å². The Morgan fingerprint density at radius 1 is 1.14 bits per heavy atom. The monoisotopic (exact) mass is 406 g/mol. The summed E-state index contributed by atoms with van der Waals surface area (Å²) >= 11 is 0. The Kier molecular flexibility index (Phi) is 5.08. The van der Waals surface area contributed by atoms with Crippen molar-refractivity contribution >= 4 is 5.91 Å². The van der Waals surface area contributed by atoms with Crippen LogP contribution < -0.4 is 0 Å². The number of aliphatic hydroxyl groups is 1. The molecular weight excluding hydrogens is 385 g/mol. The second-order valence-electron chi connectivity index (χ2n) is 7.64. The maximum absolute atomic E-state index is 12.9. The second kappa shape index (κ2) is 7.42. The lowest BCUT2D eigenvalue weighted by Crippen LogP contribution is -2.46. The average molecular weight is 406 g/mol. The third kappa shape index (κ3) is 4.00. The molecule has 154 valence electrons. The maximum atomic E-state index is 12.9. The molecule has 0 spiro atoms. The van der Waals surface area contributed by atoms with E-state index in [4.69, 9.17) is 4.74 Å². The quantitative estimate of drug-likeness (QED) is 0.849. The molecule has 1 aromatic carbocycles. The summed E-state index contributed by atoms with van der Waals surface area (Å²) in [5.41, 5.74) is 0.00281. The minimum absolute atomic E-state index is 0.0293. The number of ether oxygens (including phenoxy) is 1. The molecule has 1 aromatic heterocycles. The van der Waals surface area contributed by atoms with Gasteiger partial charge in [-0.2, -0.15) is 13.2 Å². The van der Waals surface area contributed by atoms with Gasteiger partial charge in [-0.05, 0) is 54.2 Å². The van der Waals surface area contributed by atoms with Gasteiger partial charge in [-0.15, -0.1) is 0 Å². The lowest BCUT2D eigenvalue weighted by Gasteiger charge is -2.37. The van der Waals surface area contributed by atoms with Gasteiger partial charge in [0.15, 0.2) is 0 Å². The van der Waals surface area contributed by atoms with Crippen LogP contribution in [0.25, 0.3) is 0 Å². The van der Waals surface area contributed by atoms with Crippen molar-refractivity contribution < 1.29 is 27.8 Å². The molecular formula is C21H21F3N2O3. The number of piperidine rings is 1. The molecule has 4 rings (SSSR count). The molecule has 1 amide bonds. The van der Waals surface area contributed by atoms with Crippen LogP contribution in [0.1, 0.15) is 45.9 Å². The Balaban J connectivity index is 1.39. The molecule has 2 aliphatic heterocycles. The Hall–Kier alpha value is -2.45. The molecule has 0 bridgehead atoms. The first-order chi connectivity index (χ1) is 13.8. The molecule has 0 radical (unpaired) electrons. The van der Waals surface area contributed by atoms with Gasteiger partial charge in [-0.25, -0.2) is 0 Å². The first kappa shape index (κ1) is 19.8. The number of nitrogens with zero attached hydrogens (tertiary/aromatic N) is 2. The number of halogens is 3. The highest BCUT2D eigenvalue weighted by atomic mass is 19.4. The fourth-order valence-electron chi connectivity index (χ4n) is 3.84. The number of hydrogen-bond acceptors (Lipinski definition) is 4. The van der Waals surface area contributed by atoms with E-state index in [0.717, 1.165) is 11.6 Å². The molecule has 29 heavy (non-hydrogen) atoms. The number of benzene rings is 1. The number of likely N-dealkylation sites (tertiary alicyclic amines) is 1. The highest BCUT2D eigenvalue weighted by Gasteiger charge is 2.38. The van der Waals surface area contributed by atoms with E-state index in [1.807, 2.05) is 0 Å². The SMILES string of the molecule is O=C(c1ccc(C2(O)COC2)cc1)N1CCC(c2ccnc(C(F)(F)F)c2)CC1. The minimum Gasteiger partial charge on any atom is -0.380 e. The lowest BCUT2D eigenvalue weighted by molar-refractivity contribution is -0.184. The summed E-state index contributed by atoms with van der Waals surface area (Å²) in [6.45, 7) is 1.46. The predicted octanol–water partition coefficient (Wildman–Crippen LogP) is 3.34. The number of carbonyl (C=O) groups is 1. The first-order valence-corrected chi connectivity index (χ1v) is 9.49. The van der Waals surface area contributed by atoms with Crippen molar-refractivity contribution in [3.63, 3.8) is 0 Å². The van der Waals surface area contributed by atoms with Gasteiger partial charge < -0.3 is 14.7 Å². The summed E-state index contributed by atoms with van der Waals surface area (Å²) in [6, 6.07) is 9.58. The van der Waals surface area contributed by atoms with Crippen LogP contribution >= 0.6 is 0 Å². The molecule has 2 saturated heterocycles. The summed E-state index contributed by atoms with van der Waals surface area (Å²) in [5.74, 6) is -0.143. The van der Waals surface area contributed by atoms with Crippen LogP contribution in [0, 0.1) is 0 Å². The molecule has 2 fully saturated rings. The number of alkyl halides is 3. The van der Waals surface area contributed by atoms with Crippen LogP contribution in [0.5, 0.6) is 0 Å². The molecule has 3 heterocycles. The van der Waals surface area contributed by atoms with Gasteiger partial charge in [-0.1, -0.05) is 12.1 Å². The normalized spacial score (nSPS) is 19.7. The zero-order valence-corrected chi connectivity index (χ0v) is 15.7. The van der Waals surface area contributed by atoms with Crippen molar-refractivity contribution in [2.75, 3.05) is 26.3 Å². The fraction of sp³-hybridized carbons (Fsp3) is 0.429. The molecule has 5 nitrogen and oxygen atoms in total. The van der Waals surface area contributed by atoms with Gasteiger partial charge in [0.1, 0.15) is 11.3 Å². The van der Waals surface area contributed by atoms with E-state index in [-0.39, 0.29) is 25.0 Å². The van der Waals surface area contributed by atoms with Crippen LogP contribution in [0.3, 0.4) is 0 Å². The van der Waals surface area contributed by atoms with Gasteiger partial charge in [0.25, 0.3) is 5.91 Å². The lowest BCUT2D eigenvalue weighted by atomic mass is 9.89. The smallest absolute Gasteiger partial charge is 0.380 e. The highest BCUT2D eigenvalue weighted by molar-refractivity contribution is 5.94. The minimum atomic E-state index is -4.46. The van der Waals surface area contributed by atoms with Gasteiger partial charge in [0, 0.05) is 24.8 Å². The van der Waals surface area contributed by atoms with Gasteiger partial charge in [0.2, 0.25) is 0 Å². The number of rotatable bonds is 3. The topological polar surface area (TPSA) is 62.7 Å². The third-order valence-corrected chi connectivity index (χ3v) is 5.68. The van der Waals surface area contributed by atoms with E-state index in [0.29, 0.717) is 37.1 Å². The van der Waals surface area contributed by atoms with Crippen molar-refractivity contribution in [2.24, 2.45) is 0 Å². The highest BCUT2D eigenvalue weighted by Crippen LogP contribution is 2.33. The first-order valence-electron chi connectivity index (χ1n) is 9.49. The van der Waals surface area contributed by atoms with Crippen LogP contribution in [0.2, 0.25) is 0 Å². The maximum Gasteiger partial charge on any atom is 0.433 e. The Labute approximate surface area is 166 Å². The zero-order valence-electron chi connectivity index (χ0n) is 15.7. The zero-order chi connectivity index (χ0) is 20.6. The summed E-state index contributed by atoms with van der Waals surface area (Å²) in [5, 5.41) is 10.3. The average Bonchev–Trinajstić information content (AvgIpc) is 2.71. The fourth-order valence-corrected chi connectivity index (χ4v) is 3.84. The summed E-state index contributed by atoms with van der Waals surface area (Å²) in [4.78, 5) is 17.9. The molecule has 1 N–H and O–H groups in total. The number of amides is 1. The molecule has 0 saturated carbocycles. The molecule has 8 heteroatoms. The predicted molar refractivity (Wildman–Crippen MR) is 98.3 cm³/mol. The van der Waals surface area contributed by atoms with Crippen LogP contribution in [-0.4, -0.2) is 47.2 Å². The second-order valence-corrected chi connectivity index (χ2v) is 7.64. The number of aromatic nitrogens is 1. The van der Waals surface area contributed by atoms with E-state index < -0.39 is 17.5 Å². The van der Waals surface area contributed by atoms with Gasteiger partial charge in [-0.3, -0.25) is 9.78 Å². The van der Waals surface area contributed by atoms with Crippen molar-refractivity contribution in [1.82, 2.24) is 9.88 Å². The Morgan fingerprint density at radius 3 is 2.34 bits per heavy atom. The van der Waals surface area contributed by atoms with E-state index in [1.165, 1.54) is 6.20 Å². The summed E-state index contributed by atoms with van der Waals surface area (Å²) in [7, 11) is 0. The van der Waals surface area contributed by atoms with Gasteiger partial charge >= 0.3 is 6.18 Å². The van der Waals surface area contributed by atoms with Crippen LogP contribution in [-0.2, 0) is 16.5 Å². The molecule has 2 aromatic rings. The van der Waals surface area contributed by atoms with E-state index >= 15 is 0 Å². The van der Waals surface area contributed by atoms with Crippen LogP contribution in [0.4, 0.5) is 13.2 Å². The van der Waals surface area contributed by atoms with Gasteiger partial charge in [0.05, 0.1) is 13.2 Å². The molecule has 0 atom stereocenters. The number of pyridine rings is 1. The third-order valence-electron chi connectivity index (χ3n) is 5.68. The Morgan fingerprint density at radius 2 is 1.79 bits per heavy atom. The van der Waals surface area contributed by atoms with E-state index in [2.05, 4.69) is 4.98 Å². The molecule has 0 aliphatic carbocycles. The Bertz CT molecular complexity index is 887. The van der Waals surface area contributed by atoms with Crippen molar-refractivity contribution in [1.29, 1.82) is 0 Å². The largest absolute Gasteiger partial charge is 0.433 e. The number of hydrogen-bond donors (Lipinski definition) is 1. The van der Waals surface area contributed by atoms with E-state index in [1.54, 1.807) is 35.2 Å². The molecule has 2 aliphatic rings. The standard InChI is InChI=1S/C21H21F3N2O3/c22-21(23,24)18-11-16(5-8-25-18)14-6-9-26(10-7-14)19(27)15-1-3-17(4-2-15)20(28)12-29-13-20/h1-5,8,11,14,28H,6-7,9-10,12-13H2.